The lowest BCUT2D eigenvalue weighted by Gasteiger charge is -2.35. The van der Waals surface area contributed by atoms with Crippen LogP contribution in [0, 0.1) is 12.7 Å². The normalized spacial score (nSPS) is 28.5. The summed E-state index contributed by atoms with van der Waals surface area (Å²) in [5, 5.41) is 3.67. The van der Waals surface area contributed by atoms with Gasteiger partial charge in [-0.3, -0.25) is 4.90 Å². The summed E-state index contributed by atoms with van der Waals surface area (Å²) >= 11 is 0. The summed E-state index contributed by atoms with van der Waals surface area (Å²) in [7, 11) is 2.18. The fourth-order valence-electron chi connectivity index (χ4n) is 3.60. The van der Waals surface area contributed by atoms with Crippen LogP contribution in [0.25, 0.3) is 0 Å². The summed E-state index contributed by atoms with van der Waals surface area (Å²) in [5.74, 6) is -0.126. The van der Waals surface area contributed by atoms with Crippen LogP contribution in [0.5, 0.6) is 0 Å². The Hall–Kier alpha value is -0.640. The number of halogens is 2. The third kappa shape index (κ3) is 3.33. The number of fused-ring (bicyclic) bond motifs is 2. The van der Waals surface area contributed by atoms with Crippen LogP contribution < -0.4 is 5.32 Å². The first-order valence-corrected chi connectivity index (χ1v) is 7.33. The Morgan fingerprint density at radius 1 is 1.25 bits per heavy atom. The number of benzene rings is 1. The molecule has 2 fully saturated rings. The van der Waals surface area contributed by atoms with E-state index in [1.807, 2.05) is 6.07 Å². The zero-order valence-electron chi connectivity index (χ0n) is 12.2. The smallest absolute Gasteiger partial charge is 0.123 e. The average molecular weight is 299 g/mol. The second-order valence-corrected chi connectivity index (χ2v) is 6.25. The van der Waals surface area contributed by atoms with Gasteiger partial charge in [0, 0.05) is 24.7 Å². The lowest BCUT2D eigenvalue weighted by Crippen LogP contribution is -2.46. The molecule has 20 heavy (non-hydrogen) atoms. The molecule has 2 aliphatic heterocycles. The second-order valence-electron chi connectivity index (χ2n) is 6.25. The molecule has 112 valence electrons. The predicted molar refractivity (Wildman–Crippen MR) is 82.8 cm³/mol. The molecule has 0 spiro atoms. The van der Waals surface area contributed by atoms with Crippen molar-refractivity contribution in [3.05, 3.63) is 35.1 Å². The Balaban J connectivity index is 0.00000147. The first-order chi connectivity index (χ1) is 9.11. The van der Waals surface area contributed by atoms with Crippen LogP contribution in [0.2, 0.25) is 0 Å². The maximum absolute atomic E-state index is 13.3. The summed E-state index contributed by atoms with van der Waals surface area (Å²) in [6, 6.07) is 7.16. The summed E-state index contributed by atoms with van der Waals surface area (Å²) < 4.78 is 13.3. The Morgan fingerprint density at radius 3 is 2.55 bits per heavy atom. The van der Waals surface area contributed by atoms with E-state index in [0.29, 0.717) is 18.1 Å². The molecule has 2 nitrogen and oxygen atoms in total. The third-order valence-corrected chi connectivity index (χ3v) is 4.80. The van der Waals surface area contributed by atoms with Gasteiger partial charge in [0.15, 0.2) is 0 Å². The first kappa shape index (κ1) is 15.7. The predicted octanol–water partition coefficient (Wildman–Crippen LogP) is 3.27. The van der Waals surface area contributed by atoms with Gasteiger partial charge in [0.05, 0.1) is 0 Å². The molecule has 2 atom stereocenters. The molecule has 0 radical (unpaired) electrons. The molecule has 0 saturated carbocycles. The fourth-order valence-corrected chi connectivity index (χ4v) is 3.60. The van der Waals surface area contributed by atoms with Crippen molar-refractivity contribution in [2.24, 2.45) is 0 Å². The van der Waals surface area contributed by atoms with E-state index in [9.17, 15) is 4.39 Å². The largest absolute Gasteiger partial charge is 0.311 e. The summed E-state index contributed by atoms with van der Waals surface area (Å²) in [5.41, 5.74) is 2.30. The zero-order chi connectivity index (χ0) is 13.4. The van der Waals surface area contributed by atoms with E-state index < -0.39 is 0 Å². The maximum atomic E-state index is 13.3. The molecular weight excluding hydrogens is 275 g/mol. The number of hydrogen-bond acceptors (Lipinski definition) is 2. The number of nitrogens with one attached hydrogen (secondary N) is 1. The van der Waals surface area contributed by atoms with Crippen LogP contribution in [0.15, 0.2) is 18.2 Å². The lowest BCUT2D eigenvalue weighted by atomic mass is 9.97. The first-order valence-electron chi connectivity index (χ1n) is 7.33. The van der Waals surface area contributed by atoms with E-state index in [0.717, 1.165) is 12.1 Å². The highest BCUT2D eigenvalue weighted by Crippen LogP contribution is 2.30. The molecule has 1 aromatic rings. The van der Waals surface area contributed by atoms with Gasteiger partial charge >= 0.3 is 0 Å². The summed E-state index contributed by atoms with van der Waals surface area (Å²) in [4.78, 5) is 2.41. The van der Waals surface area contributed by atoms with Crippen molar-refractivity contribution < 1.29 is 4.39 Å². The molecule has 3 rings (SSSR count). The molecule has 1 N–H and O–H groups in total. The highest BCUT2D eigenvalue weighted by molar-refractivity contribution is 5.85. The Morgan fingerprint density at radius 2 is 1.90 bits per heavy atom. The van der Waals surface area contributed by atoms with Gasteiger partial charge in [-0.15, -0.1) is 12.4 Å². The van der Waals surface area contributed by atoms with Gasteiger partial charge in [-0.05, 0) is 62.9 Å². The van der Waals surface area contributed by atoms with E-state index in [-0.39, 0.29) is 18.2 Å². The van der Waals surface area contributed by atoms with Crippen molar-refractivity contribution in [2.45, 2.75) is 57.3 Å². The van der Waals surface area contributed by atoms with Gasteiger partial charge in [0.1, 0.15) is 5.82 Å². The van der Waals surface area contributed by atoms with Crippen molar-refractivity contribution in [3.8, 4) is 0 Å². The Bertz CT molecular complexity index is 454. The average Bonchev–Trinajstić information content (AvgIpc) is 2.72. The van der Waals surface area contributed by atoms with Gasteiger partial charge in [-0.25, -0.2) is 4.39 Å². The van der Waals surface area contributed by atoms with Gasteiger partial charge < -0.3 is 5.32 Å². The monoisotopic (exact) mass is 298 g/mol. The van der Waals surface area contributed by atoms with Gasteiger partial charge in [0.25, 0.3) is 0 Å². The van der Waals surface area contributed by atoms with Crippen molar-refractivity contribution in [3.63, 3.8) is 0 Å². The molecule has 1 aromatic carbocycles. The summed E-state index contributed by atoms with van der Waals surface area (Å²) in [6.07, 6.45) is 5.13. The molecule has 2 saturated heterocycles. The molecule has 2 aliphatic rings. The van der Waals surface area contributed by atoms with Crippen molar-refractivity contribution in [1.29, 1.82) is 0 Å². The minimum absolute atomic E-state index is 0. The second kappa shape index (κ2) is 6.42. The molecule has 0 aliphatic carbocycles. The van der Waals surface area contributed by atoms with Crippen molar-refractivity contribution >= 4 is 12.4 Å². The third-order valence-electron chi connectivity index (χ3n) is 4.80. The SMILES string of the molecule is Cc1ccc(F)cc1CN(C)C1CC2CCC(C1)N2.Cl. The van der Waals surface area contributed by atoms with Gasteiger partial charge in [-0.2, -0.15) is 0 Å². The standard InChI is InChI=1S/C16H23FN2.ClH/c1-11-3-4-13(17)7-12(11)10-19(2)16-8-14-5-6-15(9-16)18-14;/h3-4,7,14-16,18H,5-6,8-10H2,1-2H3;1H. The minimum Gasteiger partial charge on any atom is -0.311 e. The van der Waals surface area contributed by atoms with E-state index in [4.69, 9.17) is 0 Å². The van der Waals surface area contributed by atoms with E-state index in [1.54, 1.807) is 12.1 Å². The molecular formula is C16H24ClFN2. The van der Waals surface area contributed by atoms with Crippen LogP contribution in [0.1, 0.15) is 36.8 Å². The van der Waals surface area contributed by atoms with Crippen molar-refractivity contribution in [2.75, 3.05) is 7.05 Å². The summed E-state index contributed by atoms with van der Waals surface area (Å²) in [6.45, 7) is 2.92. The molecule has 2 heterocycles. The van der Waals surface area contributed by atoms with Crippen LogP contribution in [0.4, 0.5) is 4.39 Å². The Labute approximate surface area is 127 Å². The maximum Gasteiger partial charge on any atom is 0.123 e. The molecule has 0 amide bonds. The quantitative estimate of drug-likeness (QED) is 0.921. The van der Waals surface area contributed by atoms with E-state index in [1.165, 1.54) is 31.2 Å². The van der Waals surface area contributed by atoms with E-state index >= 15 is 0 Å². The number of aryl methyl sites for hydroxylation is 1. The van der Waals surface area contributed by atoms with E-state index in [2.05, 4.69) is 24.2 Å². The van der Waals surface area contributed by atoms with Crippen LogP contribution in [-0.4, -0.2) is 30.1 Å². The number of hydrogen-bond donors (Lipinski definition) is 1. The van der Waals surface area contributed by atoms with Gasteiger partial charge in [0.2, 0.25) is 0 Å². The molecule has 4 heteroatoms. The Kier molecular flexibility index (Phi) is 5.05. The highest BCUT2D eigenvalue weighted by atomic mass is 35.5. The van der Waals surface area contributed by atoms with Crippen molar-refractivity contribution in [1.82, 2.24) is 10.2 Å². The molecule has 2 bridgehead atoms. The van der Waals surface area contributed by atoms with Crippen LogP contribution in [-0.2, 0) is 6.54 Å². The van der Waals surface area contributed by atoms with Gasteiger partial charge in [-0.1, -0.05) is 6.07 Å². The van der Waals surface area contributed by atoms with Crippen LogP contribution >= 0.6 is 12.4 Å². The molecule has 0 aromatic heterocycles. The number of piperidine rings is 1. The van der Waals surface area contributed by atoms with Crippen LogP contribution in [0.3, 0.4) is 0 Å². The topological polar surface area (TPSA) is 15.3 Å². The molecule has 2 unspecified atom stereocenters. The minimum atomic E-state index is -0.126. The number of rotatable bonds is 3. The lowest BCUT2D eigenvalue weighted by molar-refractivity contribution is 0.165. The zero-order valence-corrected chi connectivity index (χ0v) is 13.0. The fraction of sp³-hybridized carbons (Fsp3) is 0.625. The highest BCUT2D eigenvalue weighted by Gasteiger charge is 2.34. The number of nitrogens with zero attached hydrogens (tertiary/aromatic N) is 1.